The molecular formula is C25H26ClN3O4. The summed E-state index contributed by atoms with van der Waals surface area (Å²) in [4.78, 5) is 52.6. The lowest BCUT2D eigenvalue weighted by molar-refractivity contribution is -0.141. The molecule has 0 aromatic heterocycles. The smallest absolute Gasteiger partial charge is 0.289 e. The van der Waals surface area contributed by atoms with Crippen molar-refractivity contribution in [3.8, 4) is 0 Å². The molecule has 4 rings (SSSR count). The maximum absolute atomic E-state index is 13.2. The largest absolute Gasteiger partial charge is 0.347 e. The molecule has 1 unspecified atom stereocenters. The first-order valence-corrected chi connectivity index (χ1v) is 11.5. The lowest BCUT2D eigenvalue weighted by Gasteiger charge is -2.26. The van der Waals surface area contributed by atoms with Crippen molar-refractivity contribution in [2.24, 2.45) is 0 Å². The van der Waals surface area contributed by atoms with Gasteiger partial charge in [0, 0.05) is 30.5 Å². The Bertz CT molecular complexity index is 1050. The van der Waals surface area contributed by atoms with Crippen molar-refractivity contribution in [1.29, 1.82) is 0 Å². The summed E-state index contributed by atoms with van der Waals surface area (Å²) in [7, 11) is 0. The van der Waals surface area contributed by atoms with Crippen LogP contribution in [0.1, 0.15) is 36.8 Å². The average Bonchev–Trinajstić information content (AvgIpc) is 3.55. The lowest BCUT2D eigenvalue weighted by atomic mass is 10.0. The fourth-order valence-electron chi connectivity index (χ4n) is 3.98. The van der Waals surface area contributed by atoms with E-state index in [9.17, 15) is 19.2 Å². The number of ketones is 1. The molecule has 2 aromatic rings. The second-order valence-electron chi connectivity index (χ2n) is 8.53. The van der Waals surface area contributed by atoms with Gasteiger partial charge in [-0.3, -0.25) is 19.2 Å². The van der Waals surface area contributed by atoms with Crippen LogP contribution in [0.3, 0.4) is 0 Å². The van der Waals surface area contributed by atoms with Crippen LogP contribution in [0.15, 0.2) is 54.6 Å². The summed E-state index contributed by atoms with van der Waals surface area (Å²) in [6, 6.07) is 14.7. The number of rotatable bonds is 9. The molecule has 0 bridgehead atoms. The van der Waals surface area contributed by atoms with Gasteiger partial charge >= 0.3 is 0 Å². The molecule has 2 N–H and O–H groups in total. The number of nitrogens with one attached hydrogen (secondary N) is 2. The second-order valence-corrected chi connectivity index (χ2v) is 8.94. The molecule has 33 heavy (non-hydrogen) atoms. The number of carbonyl (C=O) groups excluding carboxylic acids is 4. The molecule has 1 saturated heterocycles. The van der Waals surface area contributed by atoms with Gasteiger partial charge in [-0.25, -0.2) is 0 Å². The Balaban J connectivity index is 1.49. The van der Waals surface area contributed by atoms with Gasteiger partial charge in [-0.1, -0.05) is 60.1 Å². The van der Waals surface area contributed by atoms with E-state index in [2.05, 4.69) is 10.6 Å². The Morgan fingerprint density at radius 2 is 1.70 bits per heavy atom. The van der Waals surface area contributed by atoms with Crippen LogP contribution < -0.4 is 10.6 Å². The summed E-state index contributed by atoms with van der Waals surface area (Å²) in [5.74, 6) is -1.95. The van der Waals surface area contributed by atoms with E-state index in [0.717, 1.165) is 24.0 Å². The van der Waals surface area contributed by atoms with Crippen molar-refractivity contribution in [3.05, 3.63) is 70.7 Å². The number of benzene rings is 2. The van der Waals surface area contributed by atoms with Gasteiger partial charge in [0.25, 0.3) is 5.91 Å². The number of carbonyl (C=O) groups is 4. The number of likely N-dealkylation sites (tertiary alicyclic amines) is 1. The normalized spacial score (nSPS) is 18.6. The average molecular weight is 468 g/mol. The molecule has 0 spiro atoms. The van der Waals surface area contributed by atoms with E-state index >= 15 is 0 Å². The minimum absolute atomic E-state index is 0.0353. The Morgan fingerprint density at radius 3 is 2.39 bits per heavy atom. The molecule has 1 aliphatic heterocycles. The molecule has 7 nitrogen and oxygen atoms in total. The van der Waals surface area contributed by atoms with E-state index in [-0.39, 0.29) is 31.3 Å². The molecule has 1 aliphatic carbocycles. The number of Topliss-reactive ketones (excluding diaryl/α,β-unsaturated/α-hetero) is 1. The number of hydrogen-bond donors (Lipinski definition) is 2. The Labute approximate surface area is 197 Å². The SMILES string of the molecule is O=C(NC1CC1)C(=O)C(Cc1ccccc1)NC(=O)[C@@H]1CCC(=O)N1Cc1ccccc1Cl. The third-order valence-corrected chi connectivity index (χ3v) is 6.35. The van der Waals surface area contributed by atoms with Gasteiger partial charge in [-0.05, 0) is 36.5 Å². The van der Waals surface area contributed by atoms with Crippen LogP contribution in [0.4, 0.5) is 0 Å². The fourth-order valence-corrected chi connectivity index (χ4v) is 4.18. The third kappa shape index (κ3) is 5.79. The summed E-state index contributed by atoms with van der Waals surface area (Å²) in [5.41, 5.74) is 1.57. The Hall–Kier alpha value is -3.19. The quantitative estimate of drug-likeness (QED) is 0.553. The highest BCUT2D eigenvalue weighted by atomic mass is 35.5. The van der Waals surface area contributed by atoms with Gasteiger partial charge < -0.3 is 15.5 Å². The monoisotopic (exact) mass is 467 g/mol. The summed E-state index contributed by atoms with van der Waals surface area (Å²) in [5, 5.41) is 5.97. The van der Waals surface area contributed by atoms with Crippen molar-refractivity contribution < 1.29 is 19.2 Å². The van der Waals surface area contributed by atoms with E-state index in [1.54, 1.807) is 12.1 Å². The van der Waals surface area contributed by atoms with Crippen LogP contribution >= 0.6 is 11.6 Å². The van der Waals surface area contributed by atoms with E-state index in [1.807, 2.05) is 42.5 Å². The van der Waals surface area contributed by atoms with Crippen molar-refractivity contribution in [2.75, 3.05) is 0 Å². The van der Waals surface area contributed by atoms with Gasteiger partial charge in [0.05, 0.1) is 0 Å². The van der Waals surface area contributed by atoms with Gasteiger partial charge in [0.2, 0.25) is 17.6 Å². The van der Waals surface area contributed by atoms with E-state index in [1.165, 1.54) is 4.90 Å². The van der Waals surface area contributed by atoms with E-state index < -0.39 is 29.7 Å². The molecule has 8 heteroatoms. The maximum atomic E-state index is 13.2. The van der Waals surface area contributed by atoms with Gasteiger partial charge in [0.15, 0.2) is 0 Å². The predicted molar refractivity (Wildman–Crippen MR) is 123 cm³/mol. The van der Waals surface area contributed by atoms with E-state index in [0.29, 0.717) is 11.4 Å². The molecule has 2 aromatic carbocycles. The number of nitrogens with zero attached hydrogens (tertiary/aromatic N) is 1. The topological polar surface area (TPSA) is 95.6 Å². The Morgan fingerprint density at radius 1 is 1.00 bits per heavy atom. The van der Waals surface area contributed by atoms with Crippen molar-refractivity contribution in [2.45, 2.75) is 56.8 Å². The van der Waals surface area contributed by atoms with Crippen molar-refractivity contribution >= 4 is 35.1 Å². The predicted octanol–water partition coefficient (Wildman–Crippen LogP) is 2.41. The van der Waals surface area contributed by atoms with Crippen LogP contribution in [0, 0.1) is 0 Å². The third-order valence-electron chi connectivity index (χ3n) is 5.98. The molecule has 2 atom stereocenters. The van der Waals surface area contributed by atoms with E-state index in [4.69, 9.17) is 11.6 Å². The number of hydrogen-bond acceptors (Lipinski definition) is 4. The maximum Gasteiger partial charge on any atom is 0.289 e. The molecular weight excluding hydrogens is 442 g/mol. The van der Waals surface area contributed by atoms with Gasteiger partial charge in [-0.2, -0.15) is 0 Å². The summed E-state index contributed by atoms with van der Waals surface area (Å²) < 4.78 is 0. The van der Waals surface area contributed by atoms with Crippen LogP contribution in [-0.4, -0.2) is 46.5 Å². The van der Waals surface area contributed by atoms with Crippen LogP contribution in [-0.2, 0) is 32.1 Å². The van der Waals surface area contributed by atoms with Crippen molar-refractivity contribution in [3.63, 3.8) is 0 Å². The summed E-state index contributed by atoms with van der Waals surface area (Å²) >= 11 is 6.25. The first kappa shape index (κ1) is 23.0. The van der Waals surface area contributed by atoms with Crippen molar-refractivity contribution in [1.82, 2.24) is 15.5 Å². The van der Waals surface area contributed by atoms with Crippen LogP contribution in [0.2, 0.25) is 5.02 Å². The molecule has 1 saturated carbocycles. The fraction of sp³-hybridized carbons (Fsp3) is 0.360. The first-order valence-electron chi connectivity index (χ1n) is 11.1. The minimum Gasteiger partial charge on any atom is -0.347 e. The van der Waals surface area contributed by atoms with Gasteiger partial charge in [-0.15, -0.1) is 0 Å². The molecule has 0 radical (unpaired) electrons. The van der Waals surface area contributed by atoms with Crippen LogP contribution in [0.25, 0.3) is 0 Å². The zero-order chi connectivity index (χ0) is 23.4. The highest BCUT2D eigenvalue weighted by molar-refractivity contribution is 6.38. The summed E-state index contributed by atoms with van der Waals surface area (Å²) in [6.45, 7) is 0.204. The number of halogens is 1. The number of amides is 3. The molecule has 2 fully saturated rings. The van der Waals surface area contributed by atoms with Gasteiger partial charge in [0.1, 0.15) is 12.1 Å². The first-order chi connectivity index (χ1) is 15.9. The summed E-state index contributed by atoms with van der Waals surface area (Å²) in [6.07, 6.45) is 2.48. The zero-order valence-electron chi connectivity index (χ0n) is 18.1. The highest BCUT2D eigenvalue weighted by Gasteiger charge is 2.39. The standard InChI is InChI=1S/C25H26ClN3O4/c26-19-9-5-4-8-17(19)15-29-21(12-13-22(29)30)24(32)28-20(14-16-6-2-1-3-7-16)23(31)25(33)27-18-10-11-18/h1-9,18,20-21H,10-15H2,(H,27,33)(H,28,32)/t20?,21-/m0/s1. The lowest BCUT2D eigenvalue weighted by Crippen LogP contribution is -2.53. The van der Waals surface area contributed by atoms with Crippen LogP contribution in [0.5, 0.6) is 0 Å². The zero-order valence-corrected chi connectivity index (χ0v) is 18.9. The molecule has 1 heterocycles. The highest BCUT2D eigenvalue weighted by Crippen LogP contribution is 2.25. The second kappa shape index (κ2) is 10.2. The Kier molecular flexibility index (Phi) is 7.08. The minimum atomic E-state index is -1.02. The molecule has 2 aliphatic rings. The molecule has 172 valence electrons. The molecule has 3 amide bonds.